The van der Waals surface area contributed by atoms with Crippen LogP contribution >= 0.6 is 0 Å². The molecule has 0 aromatic heterocycles. The predicted molar refractivity (Wildman–Crippen MR) is 82.4 cm³/mol. The van der Waals surface area contributed by atoms with Gasteiger partial charge in [-0.2, -0.15) is 0 Å². The van der Waals surface area contributed by atoms with E-state index in [0.717, 1.165) is 16.7 Å². The Balaban J connectivity index is 2.57. The van der Waals surface area contributed by atoms with Crippen molar-refractivity contribution in [2.24, 2.45) is 0 Å². The zero-order chi connectivity index (χ0) is 15.4. The summed E-state index contributed by atoms with van der Waals surface area (Å²) in [6.45, 7) is 2.04. The Labute approximate surface area is 124 Å². The number of nitrogens with one attached hydrogen (secondary N) is 1. The number of hydrogen-bond donors (Lipinski definition) is 1. The zero-order valence-corrected chi connectivity index (χ0v) is 12.7. The Bertz CT molecular complexity index is 628. The van der Waals surface area contributed by atoms with Gasteiger partial charge in [0.05, 0.1) is 14.2 Å². The molecule has 0 amide bonds. The summed E-state index contributed by atoms with van der Waals surface area (Å²) in [7, 11) is 5.06. The molecule has 0 fully saturated rings. The molecule has 2 aromatic carbocycles. The van der Waals surface area contributed by atoms with E-state index in [1.165, 1.54) is 6.07 Å². The predicted octanol–water partition coefficient (Wildman–Crippen LogP) is 3.79. The maximum Gasteiger partial charge on any atom is 0.161 e. The van der Waals surface area contributed by atoms with Crippen LogP contribution in [0.25, 0.3) is 11.1 Å². The van der Waals surface area contributed by atoms with E-state index in [-0.39, 0.29) is 11.9 Å². The second-order valence-electron chi connectivity index (χ2n) is 4.81. The molecular weight excluding hydrogens is 269 g/mol. The molecule has 0 heterocycles. The summed E-state index contributed by atoms with van der Waals surface area (Å²) in [5, 5.41) is 3.18. The lowest BCUT2D eigenvalue weighted by Gasteiger charge is -2.17. The SMILES string of the molecule is CNC(C)c1ccc(F)cc1-c1ccc(OC)c(OC)c1. The molecule has 112 valence electrons. The van der Waals surface area contributed by atoms with Crippen LogP contribution in [0.2, 0.25) is 0 Å². The van der Waals surface area contributed by atoms with Gasteiger partial charge in [-0.1, -0.05) is 12.1 Å². The molecule has 0 bridgehead atoms. The molecule has 0 aliphatic carbocycles. The molecule has 0 saturated carbocycles. The van der Waals surface area contributed by atoms with Gasteiger partial charge in [0, 0.05) is 6.04 Å². The van der Waals surface area contributed by atoms with E-state index in [0.29, 0.717) is 11.5 Å². The molecular formula is C17H20FNO2. The number of hydrogen-bond acceptors (Lipinski definition) is 3. The molecule has 0 aliphatic heterocycles. The van der Waals surface area contributed by atoms with Crippen molar-refractivity contribution in [3.8, 4) is 22.6 Å². The first-order valence-electron chi connectivity index (χ1n) is 6.79. The monoisotopic (exact) mass is 289 g/mol. The van der Waals surface area contributed by atoms with Gasteiger partial charge < -0.3 is 14.8 Å². The van der Waals surface area contributed by atoms with Crippen LogP contribution in [0.4, 0.5) is 4.39 Å². The maximum atomic E-state index is 13.7. The molecule has 2 aromatic rings. The second kappa shape index (κ2) is 6.59. The summed E-state index contributed by atoms with van der Waals surface area (Å²) >= 11 is 0. The third-order valence-electron chi connectivity index (χ3n) is 3.61. The van der Waals surface area contributed by atoms with Crippen LogP contribution in [0.15, 0.2) is 36.4 Å². The van der Waals surface area contributed by atoms with E-state index in [1.807, 2.05) is 38.2 Å². The van der Waals surface area contributed by atoms with Gasteiger partial charge in [0.1, 0.15) is 5.82 Å². The Morgan fingerprint density at radius 2 is 1.71 bits per heavy atom. The Kier molecular flexibility index (Phi) is 4.81. The number of ether oxygens (including phenoxy) is 2. The van der Waals surface area contributed by atoms with Gasteiger partial charge in [-0.3, -0.25) is 0 Å². The van der Waals surface area contributed by atoms with E-state index in [9.17, 15) is 4.39 Å². The summed E-state index contributed by atoms with van der Waals surface area (Å²) in [4.78, 5) is 0. The molecule has 3 nitrogen and oxygen atoms in total. The smallest absolute Gasteiger partial charge is 0.161 e. The number of benzene rings is 2. The fraction of sp³-hybridized carbons (Fsp3) is 0.294. The van der Waals surface area contributed by atoms with Crippen molar-refractivity contribution in [3.05, 3.63) is 47.8 Å². The molecule has 0 aliphatic rings. The summed E-state index contributed by atoms with van der Waals surface area (Å²) in [5.41, 5.74) is 2.77. The highest BCUT2D eigenvalue weighted by Gasteiger charge is 2.14. The Hall–Kier alpha value is -2.07. The van der Waals surface area contributed by atoms with Crippen molar-refractivity contribution >= 4 is 0 Å². The average molecular weight is 289 g/mol. The van der Waals surface area contributed by atoms with Crippen LogP contribution in [-0.4, -0.2) is 21.3 Å². The van der Waals surface area contributed by atoms with Crippen molar-refractivity contribution in [2.45, 2.75) is 13.0 Å². The van der Waals surface area contributed by atoms with Crippen LogP contribution in [0.1, 0.15) is 18.5 Å². The van der Waals surface area contributed by atoms with Crippen molar-refractivity contribution in [2.75, 3.05) is 21.3 Å². The molecule has 4 heteroatoms. The molecule has 0 radical (unpaired) electrons. The first-order valence-corrected chi connectivity index (χ1v) is 6.79. The fourth-order valence-electron chi connectivity index (χ4n) is 2.32. The lowest BCUT2D eigenvalue weighted by atomic mass is 9.95. The quantitative estimate of drug-likeness (QED) is 0.908. The topological polar surface area (TPSA) is 30.5 Å². The van der Waals surface area contributed by atoms with Crippen LogP contribution in [0, 0.1) is 5.82 Å². The highest BCUT2D eigenvalue weighted by molar-refractivity contribution is 5.71. The number of rotatable bonds is 5. The molecule has 2 rings (SSSR count). The third kappa shape index (κ3) is 3.16. The highest BCUT2D eigenvalue weighted by Crippen LogP contribution is 2.35. The number of halogens is 1. The van der Waals surface area contributed by atoms with Crippen LogP contribution in [-0.2, 0) is 0 Å². The van der Waals surface area contributed by atoms with Gasteiger partial charge in [0.25, 0.3) is 0 Å². The lowest BCUT2D eigenvalue weighted by molar-refractivity contribution is 0.355. The van der Waals surface area contributed by atoms with Gasteiger partial charge in [-0.15, -0.1) is 0 Å². The van der Waals surface area contributed by atoms with E-state index in [2.05, 4.69) is 5.32 Å². The first-order chi connectivity index (χ1) is 10.1. The van der Waals surface area contributed by atoms with Crippen LogP contribution in [0.5, 0.6) is 11.5 Å². The second-order valence-corrected chi connectivity index (χ2v) is 4.81. The largest absolute Gasteiger partial charge is 0.493 e. The fourth-order valence-corrected chi connectivity index (χ4v) is 2.32. The van der Waals surface area contributed by atoms with Crippen molar-refractivity contribution in [1.29, 1.82) is 0 Å². The first kappa shape index (κ1) is 15.3. The van der Waals surface area contributed by atoms with Gasteiger partial charge in [0.2, 0.25) is 0 Å². The summed E-state index contributed by atoms with van der Waals surface area (Å²) in [6.07, 6.45) is 0. The molecule has 1 N–H and O–H groups in total. The van der Waals surface area contributed by atoms with Crippen LogP contribution in [0.3, 0.4) is 0 Å². The van der Waals surface area contributed by atoms with Gasteiger partial charge in [-0.05, 0) is 54.9 Å². The molecule has 21 heavy (non-hydrogen) atoms. The van der Waals surface area contributed by atoms with E-state index in [4.69, 9.17) is 9.47 Å². The van der Waals surface area contributed by atoms with Gasteiger partial charge >= 0.3 is 0 Å². The van der Waals surface area contributed by atoms with Crippen molar-refractivity contribution < 1.29 is 13.9 Å². The average Bonchev–Trinajstić information content (AvgIpc) is 2.53. The Morgan fingerprint density at radius 1 is 1.00 bits per heavy atom. The van der Waals surface area contributed by atoms with Crippen LogP contribution < -0.4 is 14.8 Å². The highest BCUT2D eigenvalue weighted by atomic mass is 19.1. The van der Waals surface area contributed by atoms with Crippen molar-refractivity contribution in [1.82, 2.24) is 5.32 Å². The minimum absolute atomic E-state index is 0.119. The summed E-state index contributed by atoms with van der Waals surface area (Å²) in [6, 6.07) is 10.5. The molecule has 1 atom stereocenters. The normalized spacial score (nSPS) is 12.0. The summed E-state index contributed by atoms with van der Waals surface area (Å²) < 4.78 is 24.2. The zero-order valence-electron chi connectivity index (χ0n) is 12.7. The van der Waals surface area contributed by atoms with E-state index >= 15 is 0 Å². The lowest BCUT2D eigenvalue weighted by Crippen LogP contribution is -2.13. The molecule has 1 unspecified atom stereocenters. The maximum absolute atomic E-state index is 13.7. The van der Waals surface area contributed by atoms with Crippen molar-refractivity contribution in [3.63, 3.8) is 0 Å². The minimum Gasteiger partial charge on any atom is -0.493 e. The van der Waals surface area contributed by atoms with Gasteiger partial charge in [-0.25, -0.2) is 4.39 Å². The third-order valence-corrected chi connectivity index (χ3v) is 3.61. The minimum atomic E-state index is -0.258. The number of methoxy groups -OCH3 is 2. The van der Waals surface area contributed by atoms with E-state index in [1.54, 1.807) is 20.3 Å². The standard InChI is InChI=1S/C17H20FNO2/c1-11(19-2)14-7-6-13(18)10-15(14)12-5-8-16(20-3)17(9-12)21-4/h5-11,19H,1-4H3. The van der Waals surface area contributed by atoms with Gasteiger partial charge in [0.15, 0.2) is 11.5 Å². The summed E-state index contributed by atoms with van der Waals surface area (Å²) in [5.74, 6) is 1.02. The van der Waals surface area contributed by atoms with E-state index < -0.39 is 0 Å². The molecule has 0 spiro atoms. The Morgan fingerprint density at radius 3 is 2.33 bits per heavy atom. The molecule has 0 saturated heterocycles.